The van der Waals surface area contributed by atoms with E-state index in [0.29, 0.717) is 11.3 Å². The largest absolute Gasteiger partial charge is 0.449 e. The minimum absolute atomic E-state index is 0.0586. The van der Waals surface area contributed by atoms with Crippen LogP contribution in [-0.2, 0) is 16.0 Å². The fraction of sp³-hybridized carbons (Fsp3) is 0.286. The number of carbonyl (C=O) groups excluding carboxylic acids is 2. The smallest absolute Gasteiger partial charge is 0.338 e. The van der Waals surface area contributed by atoms with E-state index in [-0.39, 0.29) is 11.9 Å². The fourth-order valence-corrected chi connectivity index (χ4v) is 3.53. The highest BCUT2D eigenvalue weighted by molar-refractivity contribution is 5.92. The highest BCUT2D eigenvalue weighted by Gasteiger charge is 2.25. The third kappa shape index (κ3) is 4.16. The number of ether oxygens (including phenoxy) is 1. The van der Waals surface area contributed by atoms with E-state index in [2.05, 4.69) is 26.9 Å². The van der Waals surface area contributed by atoms with Gasteiger partial charge >= 0.3 is 5.97 Å². The second kappa shape index (κ2) is 8.22. The number of esters is 1. The van der Waals surface area contributed by atoms with Gasteiger partial charge < -0.3 is 10.1 Å². The fourth-order valence-electron chi connectivity index (χ4n) is 3.53. The number of aryl methyl sites for hydroxylation is 1. The standard InChI is InChI=1S/C21H21N5O3/c1-14(20(27)23-19-11-5-7-15-6-2-3-10-18(15)19)29-21(28)16-8-4-9-17(12-16)26-13-22-24-25-26/h2-4,6,8-10,12-14,19H,5,7,11H2,1H3,(H,23,27)/t14-,19+/m1/s1. The zero-order valence-corrected chi connectivity index (χ0v) is 16.0. The van der Waals surface area contributed by atoms with Crippen LogP contribution in [-0.4, -0.2) is 38.2 Å². The van der Waals surface area contributed by atoms with Crippen LogP contribution >= 0.6 is 0 Å². The van der Waals surface area contributed by atoms with Gasteiger partial charge in [-0.15, -0.1) is 5.10 Å². The van der Waals surface area contributed by atoms with E-state index in [1.807, 2.05) is 18.2 Å². The number of tetrazole rings is 1. The number of benzene rings is 2. The van der Waals surface area contributed by atoms with Gasteiger partial charge in [0, 0.05) is 0 Å². The van der Waals surface area contributed by atoms with Crippen LogP contribution in [0.25, 0.3) is 5.69 Å². The molecule has 1 heterocycles. The number of fused-ring (bicyclic) bond motifs is 1. The van der Waals surface area contributed by atoms with Gasteiger partial charge in [-0.25, -0.2) is 9.48 Å². The first-order valence-corrected chi connectivity index (χ1v) is 9.54. The summed E-state index contributed by atoms with van der Waals surface area (Å²) in [6, 6.07) is 14.8. The van der Waals surface area contributed by atoms with E-state index < -0.39 is 12.1 Å². The summed E-state index contributed by atoms with van der Waals surface area (Å²) in [5.41, 5.74) is 3.34. The van der Waals surface area contributed by atoms with Crippen molar-refractivity contribution >= 4 is 11.9 Å². The van der Waals surface area contributed by atoms with E-state index in [1.165, 1.54) is 16.6 Å². The van der Waals surface area contributed by atoms with E-state index in [0.717, 1.165) is 24.8 Å². The molecule has 0 unspecified atom stereocenters. The molecule has 4 rings (SSSR count). The van der Waals surface area contributed by atoms with Crippen LogP contribution in [0.4, 0.5) is 0 Å². The summed E-state index contributed by atoms with van der Waals surface area (Å²) in [5, 5.41) is 14.0. The van der Waals surface area contributed by atoms with Gasteiger partial charge in [0.25, 0.3) is 5.91 Å². The molecule has 1 amide bonds. The molecule has 0 bridgehead atoms. The van der Waals surface area contributed by atoms with Gasteiger partial charge in [0.2, 0.25) is 0 Å². The van der Waals surface area contributed by atoms with E-state index in [4.69, 9.17) is 4.74 Å². The number of nitrogens with zero attached hydrogens (tertiary/aromatic N) is 4. The Morgan fingerprint density at radius 3 is 2.90 bits per heavy atom. The van der Waals surface area contributed by atoms with Crippen LogP contribution in [0.2, 0.25) is 0 Å². The molecule has 0 fully saturated rings. The van der Waals surface area contributed by atoms with Crippen molar-refractivity contribution in [3.63, 3.8) is 0 Å². The van der Waals surface area contributed by atoms with Crippen molar-refractivity contribution in [2.24, 2.45) is 0 Å². The number of rotatable bonds is 5. The quantitative estimate of drug-likeness (QED) is 0.671. The van der Waals surface area contributed by atoms with Crippen LogP contribution in [0.3, 0.4) is 0 Å². The zero-order chi connectivity index (χ0) is 20.2. The van der Waals surface area contributed by atoms with Crippen LogP contribution < -0.4 is 5.32 Å². The Kier molecular flexibility index (Phi) is 5.33. The van der Waals surface area contributed by atoms with Gasteiger partial charge in [-0.05, 0) is 65.9 Å². The second-order valence-corrected chi connectivity index (χ2v) is 7.00. The van der Waals surface area contributed by atoms with Gasteiger partial charge in [0.05, 0.1) is 17.3 Å². The van der Waals surface area contributed by atoms with Crippen LogP contribution in [0.1, 0.15) is 47.3 Å². The molecule has 148 valence electrons. The summed E-state index contributed by atoms with van der Waals surface area (Å²) < 4.78 is 6.83. The molecule has 0 aliphatic heterocycles. The monoisotopic (exact) mass is 391 g/mol. The van der Waals surface area contributed by atoms with Crippen molar-refractivity contribution in [2.75, 3.05) is 0 Å². The zero-order valence-electron chi connectivity index (χ0n) is 16.0. The van der Waals surface area contributed by atoms with E-state index >= 15 is 0 Å². The highest BCUT2D eigenvalue weighted by Crippen LogP contribution is 2.29. The van der Waals surface area contributed by atoms with Gasteiger partial charge in [-0.1, -0.05) is 30.3 Å². The summed E-state index contributed by atoms with van der Waals surface area (Å²) >= 11 is 0. The minimum atomic E-state index is -0.909. The third-order valence-corrected chi connectivity index (χ3v) is 5.03. The van der Waals surface area contributed by atoms with Crippen molar-refractivity contribution in [3.05, 3.63) is 71.5 Å². The Morgan fingerprint density at radius 2 is 2.07 bits per heavy atom. The predicted molar refractivity (Wildman–Crippen MR) is 104 cm³/mol. The molecular weight excluding hydrogens is 370 g/mol. The van der Waals surface area contributed by atoms with Crippen molar-refractivity contribution in [1.82, 2.24) is 25.5 Å². The Bertz CT molecular complexity index is 1020. The van der Waals surface area contributed by atoms with E-state index in [9.17, 15) is 9.59 Å². The molecule has 0 saturated heterocycles. The van der Waals surface area contributed by atoms with Crippen molar-refractivity contribution in [3.8, 4) is 5.69 Å². The molecule has 3 aromatic rings. The summed E-state index contributed by atoms with van der Waals surface area (Å²) in [4.78, 5) is 25.1. The van der Waals surface area contributed by atoms with Gasteiger partial charge in [-0.2, -0.15) is 0 Å². The lowest BCUT2D eigenvalue weighted by Crippen LogP contribution is -2.39. The minimum Gasteiger partial charge on any atom is -0.449 e. The summed E-state index contributed by atoms with van der Waals surface area (Å²) in [6.07, 6.45) is 3.43. The first kappa shape index (κ1) is 18.8. The summed E-state index contributed by atoms with van der Waals surface area (Å²) in [6.45, 7) is 1.58. The molecule has 0 spiro atoms. The molecule has 2 atom stereocenters. The van der Waals surface area contributed by atoms with Crippen LogP contribution in [0, 0.1) is 0 Å². The number of carbonyl (C=O) groups is 2. The number of hydrogen-bond acceptors (Lipinski definition) is 6. The maximum Gasteiger partial charge on any atom is 0.338 e. The van der Waals surface area contributed by atoms with Gasteiger partial charge in [-0.3, -0.25) is 4.79 Å². The lowest BCUT2D eigenvalue weighted by atomic mass is 9.87. The maximum atomic E-state index is 12.6. The summed E-state index contributed by atoms with van der Waals surface area (Å²) in [5.74, 6) is -0.886. The first-order chi connectivity index (χ1) is 14.1. The molecule has 8 nitrogen and oxygen atoms in total. The number of amides is 1. The Hall–Kier alpha value is -3.55. The predicted octanol–water partition coefficient (Wildman–Crippen LogP) is 2.40. The Balaban J connectivity index is 1.41. The molecule has 1 aliphatic carbocycles. The molecule has 0 radical (unpaired) electrons. The first-order valence-electron chi connectivity index (χ1n) is 9.54. The van der Waals surface area contributed by atoms with Crippen molar-refractivity contribution in [1.29, 1.82) is 0 Å². The molecule has 2 aromatic carbocycles. The summed E-state index contributed by atoms with van der Waals surface area (Å²) in [7, 11) is 0. The second-order valence-electron chi connectivity index (χ2n) is 7.00. The average molecular weight is 391 g/mol. The highest BCUT2D eigenvalue weighted by atomic mass is 16.5. The van der Waals surface area contributed by atoms with Crippen LogP contribution in [0.15, 0.2) is 54.9 Å². The lowest BCUT2D eigenvalue weighted by Gasteiger charge is -2.27. The van der Waals surface area contributed by atoms with Crippen LogP contribution in [0.5, 0.6) is 0 Å². The molecule has 1 aromatic heterocycles. The molecule has 1 aliphatic rings. The van der Waals surface area contributed by atoms with Crippen molar-refractivity contribution < 1.29 is 14.3 Å². The lowest BCUT2D eigenvalue weighted by molar-refractivity contribution is -0.130. The normalized spacial score (nSPS) is 16.5. The molecule has 0 saturated carbocycles. The molecule has 1 N–H and O–H groups in total. The van der Waals surface area contributed by atoms with Crippen molar-refractivity contribution in [2.45, 2.75) is 38.3 Å². The topological polar surface area (TPSA) is 99.0 Å². The Labute approximate surface area is 167 Å². The SMILES string of the molecule is C[C@@H](OC(=O)c1cccc(-n2cnnn2)c1)C(=O)N[C@H]1CCCc2ccccc21. The molecule has 8 heteroatoms. The number of aromatic nitrogens is 4. The molecular formula is C21H21N5O3. The molecule has 29 heavy (non-hydrogen) atoms. The maximum absolute atomic E-state index is 12.6. The number of hydrogen-bond donors (Lipinski definition) is 1. The number of nitrogens with one attached hydrogen (secondary N) is 1. The van der Waals surface area contributed by atoms with Gasteiger partial charge in [0.1, 0.15) is 6.33 Å². The Morgan fingerprint density at radius 1 is 1.21 bits per heavy atom. The van der Waals surface area contributed by atoms with E-state index in [1.54, 1.807) is 31.2 Å². The van der Waals surface area contributed by atoms with Gasteiger partial charge in [0.15, 0.2) is 6.10 Å². The third-order valence-electron chi connectivity index (χ3n) is 5.03. The average Bonchev–Trinajstić information content (AvgIpc) is 3.29.